The van der Waals surface area contributed by atoms with Gasteiger partial charge in [0.2, 0.25) is 0 Å². The number of rotatable bonds is 3. The molecule has 3 aromatic heterocycles. The van der Waals surface area contributed by atoms with Gasteiger partial charge in [-0.3, -0.25) is 4.98 Å². The molecule has 0 amide bonds. The average molecular weight is 593 g/mol. The van der Waals surface area contributed by atoms with Gasteiger partial charge in [-0.15, -0.1) is 0 Å². The lowest BCUT2D eigenvalue weighted by Gasteiger charge is -2.20. The summed E-state index contributed by atoms with van der Waals surface area (Å²) >= 11 is 0. The van der Waals surface area contributed by atoms with Gasteiger partial charge in [-0.2, -0.15) is 18.4 Å². The summed E-state index contributed by atoms with van der Waals surface area (Å²) in [5, 5.41) is 13.5. The number of aryl methyl sites for hydroxylation is 1. The summed E-state index contributed by atoms with van der Waals surface area (Å²) in [6, 6.07) is 35.5. The van der Waals surface area contributed by atoms with E-state index in [2.05, 4.69) is 41.0 Å². The maximum Gasteiger partial charge on any atom is 0.416 e. The molecule has 8 aromatic rings. The summed E-state index contributed by atoms with van der Waals surface area (Å²) in [5.74, 6) is 0. The number of fused-ring (bicyclic) bond motifs is 6. The van der Waals surface area contributed by atoms with Crippen LogP contribution in [0, 0.1) is 18.3 Å². The summed E-state index contributed by atoms with van der Waals surface area (Å²) in [6.45, 7) is 2.05. The lowest BCUT2D eigenvalue weighted by molar-refractivity contribution is -0.137. The highest BCUT2D eigenvalue weighted by Crippen LogP contribution is 2.42. The van der Waals surface area contributed by atoms with Gasteiger partial charge in [-0.25, -0.2) is 0 Å². The minimum Gasteiger partial charge on any atom is -0.307 e. The molecular formula is C38H23F3N4. The molecule has 7 heteroatoms. The van der Waals surface area contributed by atoms with E-state index in [1.54, 1.807) is 24.5 Å². The number of nitriles is 1. The number of pyridine rings is 1. The number of aromatic nitrogens is 3. The summed E-state index contributed by atoms with van der Waals surface area (Å²) in [7, 11) is 0. The van der Waals surface area contributed by atoms with E-state index in [1.807, 2.05) is 66.1 Å². The molecule has 0 saturated carbocycles. The van der Waals surface area contributed by atoms with E-state index in [1.165, 1.54) is 6.07 Å². The summed E-state index contributed by atoms with van der Waals surface area (Å²) in [6.07, 6.45) is -1.02. The molecule has 0 unspecified atom stereocenters. The molecule has 4 nitrogen and oxygen atoms in total. The molecule has 0 spiro atoms. The van der Waals surface area contributed by atoms with Crippen LogP contribution in [0.3, 0.4) is 0 Å². The second-order valence-corrected chi connectivity index (χ2v) is 11.2. The fourth-order valence-electron chi connectivity index (χ4n) is 6.56. The number of hydrogen-bond acceptors (Lipinski definition) is 2. The Kier molecular flexibility index (Phi) is 5.84. The van der Waals surface area contributed by atoms with Crippen LogP contribution in [0.15, 0.2) is 122 Å². The standard InChI is InChI=1S/C38H23F3N4/c1-23-13-15-29-27-9-2-4-11-31(27)44(33(29)17-23)35-21-43-22-36(37(35)25-8-6-7-24(18-25)20-42)45-32-12-5-3-10-28(32)30-16-14-26(19-34(30)45)38(39,40)41/h2-19,21-22H,1H3. The van der Waals surface area contributed by atoms with Crippen molar-refractivity contribution in [2.75, 3.05) is 0 Å². The van der Waals surface area contributed by atoms with Crippen molar-refractivity contribution in [2.24, 2.45) is 0 Å². The van der Waals surface area contributed by atoms with Crippen molar-refractivity contribution in [3.63, 3.8) is 0 Å². The smallest absolute Gasteiger partial charge is 0.307 e. The van der Waals surface area contributed by atoms with Crippen molar-refractivity contribution in [3.05, 3.63) is 138 Å². The lowest BCUT2D eigenvalue weighted by atomic mass is 10.0. The summed E-state index contributed by atoms with van der Waals surface area (Å²) < 4.78 is 46.2. The van der Waals surface area contributed by atoms with Gasteiger partial charge in [0.25, 0.3) is 0 Å². The molecule has 8 rings (SSSR count). The van der Waals surface area contributed by atoms with Crippen molar-refractivity contribution < 1.29 is 13.2 Å². The monoisotopic (exact) mass is 592 g/mol. The minimum atomic E-state index is -4.51. The van der Waals surface area contributed by atoms with Crippen LogP contribution in [0.25, 0.3) is 66.1 Å². The SMILES string of the molecule is Cc1ccc2c3ccccc3n(-c3cncc(-n4c5ccccc5c5ccc(C(F)(F)F)cc54)c3-c3cccc(C#N)c3)c2c1. The van der Waals surface area contributed by atoms with Gasteiger partial charge in [-0.1, -0.05) is 66.7 Å². The zero-order chi connectivity index (χ0) is 30.9. The molecule has 0 atom stereocenters. The van der Waals surface area contributed by atoms with Crippen LogP contribution in [0.1, 0.15) is 16.7 Å². The topological polar surface area (TPSA) is 46.5 Å². The first-order valence-electron chi connectivity index (χ1n) is 14.4. The zero-order valence-electron chi connectivity index (χ0n) is 24.0. The van der Waals surface area contributed by atoms with Gasteiger partial charge < -0.3 is 9.13 Å². The van der Waals surface area contributed by atoms with Gasteiger partial charge in [0, 0.05) is 27.1 Å². The zero-order valence-corrected chi connectivity index (χ0v) is 24.0. The van der Waals surface area contributed by atoms with Crippen LogP contribution in [0.5, 0.6) is 0 Å². The number of hydrogen-bond donors (Lipinski definition) is 0. The fraction of sp³-hybridized carbons (Fsp3) is 0.0526. The average Bonchev–Trinajstić information content (AvgIpc) is 3.56. The van der Waals surface area contributed by atoms with E-state index in [-0.39, 0.29) is 0 Å². The molecular weight excluding hydrogens is 569 g/mol. The number of benzene rings is 5. The third-order valence-corrected chi connectivity index (χ3v) is 8.50. The van der Waals surface area contributed by atoms with E-state index in [4.69, 9.17) is 4.98 Å². The predicted molar refractivity (Wildman–Crippen MR) is 173 cm³/mol. The van der Waals surface area contributed by atoms with Gasteiger partial charge >= 0.3 is 6.18 Å². The minimum absolute atomic E-state index is 0.417. The third-order valence-electron chi connectivity index (χ3n) is 8.50. The normalized spacial score (nSPS) is 12.0. The van der Waals surface area contributed by atoms with Crippen LogP contribution in [0.2, 0.25) is 0 Å². The molecule has 3 heterocycles. The number of halogens is 3. The molecule has 0 saturated heterocycles. The Labute approximate surface area is 255 Å². The summed E-state index contributed by atoms with van der Waals surface area (Å²) in [5.41, 5.74) is 6.79. The van der Waals surface area contributed by atoms with Crippen LogP contribution in [-0.4, -0.2) is 14.1 Å². The molecule has 0 radical (unpaired) electrons. The Morgan fingerprint density at radius 3 is 1.82 bits per heavy atom. The molecule has 45 heavy (non-hydrogen) atoms. The highest BCUT2D eigenvalue weighted by atomic mass is 19.4. The predicted octanol–water partition coefficient (Wildman–Crippen LogP) is 10.1. The highest BCUT2D eigenvalue weighted by molar-refractivity contribution is 6.12. The van der Waals surface area contributed by atoms with Crippen molar-refractivity contribution in [1.82, 2.24) is 14.1 Å². The second kappa shape index (κ2) is 9.83. The van der Waals surface area contributed by atoms with Gasteiger partial charge in [-0.05, 0) is 60.5 Å². The molecule has 0 bridgehead atoms. The molecule has 0 aliphatic heterocycles. The largest absolute Gasteiger partial charge is 0.416 e. The Morgan fingerprint density at radius 2 is 1.20 bits per heavy atom. The Morgan fingerprint density at radius 1 is 0.622 bits per heavy atom. The third kappa shape index (κ3) is 4.10. The van der Waals surface area contributed by atoms with Crippen LogP contribution in [-0.2, 0) is 6.18 Å². The lowest BCUT2D eigenvalue weighted by Crippen LogP contribution is -2.07. The van der Waals surface area contributed by atoms with Crippen molar-refractivity contribution in [1.29, 1.82) is 5.26 Å². The first-order valence-corrected chi connectivity index (χ1v) is 14.4. The van der Waals surface area contributed by atoms with Crippen molar-refractivity contribution in [3.8, 4) is 28.6 Å². The Hall–Kier alpha value is -5.87. The van der Waals surface area contributed by atoms with Gasteiger partial charge in [0.15, 0.2) is 0 Å². The maximum absolute atomic E-state index is 14.1. The maximum atomic E-state index is 14.1. The first-order chi connectivity index (χ1) is 21.8. The molecule has 0 aliphatic rings. The van der Waals surface area contributed by atoms with E-state index in [0.29, 0.717) is 22.2 Å². The van der Waals surface area contributed by atoms with Gasteiger partial charge in [0.1, 0.15) is 0 Å². The van der Waals surface area contributed by atoms with Crippen LogP contribution < -0.4 is 0 Å². The Balaban J connectivity index is 1.57. The van der Waals surface area contributed by atoms with Crippen LogP contribution in [0.4, 0.5) is 13.2 Å². The van der Waals surface area contributed by atoms with E-state index >= 15 is 0 Å². The van der Waals surface area contributed by atoms with E-state index < -0.39 is 11.7 Å². The fourth-order valence-corrected chi connectivity index (χ4v) is 6.56. The molecule has 0 fully saturated rings. The van der Waals surface area contributed by atoms with E-state index in [9.17, 15) is 18.4 Å². The van der Waals surface area contributed by atoms with Gasteiger partial charge in [0.05, 0.1) is 63.0 Å². The second-order valence-electron chi connectivity index (χ2n) is 11.2. The summed E-state index contributed by atoms with van der Waals surface area (Å²) in [4.78, 5) is 4.72. The highest BCUT2D eigenvalue weighted by Gasteiger charge is 2.31. The molecule has 216 valence electrons. The molecule has 0 N–H and O–H groups in total. The number of alkyl halides is 3. The van der Waals surface area contributed by atoms with Crippen molar-refractivity contribution in [2.45, 2.75) is 13.1 Å². The number of para-hydroxylation sites is 2. The van der Waals surface area contributed by atoms with Crippen LogP contribution >= 0.6 is 0 Å². The van der Waals surface area contributed by atoms with Crippen molar-refractivity contribution >= 4 is 43.6 Å². The molecule has 0 aliphatic carbocycles. The first kappa shape index (κ1) is 26.7. The quantitative estimate of drug-likeness (QED) is 0.205. The Bertz CT molecular complexity index is 2510. The number of nitrogens with zero attached hydrogens (tertiary/aromatic N) is 4. The molecule has 5 aromatic carbocycles. The van der Waals surface area contributed by atoms with E-state index in [0.717, 1.165) is 61.2 Å².